The van der Waals surface area contributed by atoms with Gasteiger partial charge in [0.15, 0.2) is 0 Å². The highest BCUT2D eigenvalue weighted by Crippen LogP contribution is 2.24. The molecule has 5 heteroatoms. The zero-order valence-electron chi connectivity index (χ0n) is 10.1. The van der Waals surface area contributed by atoms with Gasteiger partial charge in [0.05, 0.1) is 5.02 Å². The van der Waals surface area contributed by atoms with Gasteiger partial charge < -0.3 is 5.32 Å². The van der Waals surface area contributed by atoms with Crippen LogP contribution in [0.5, 0.6) is 0 Å². The monoisotopic (exact) mass is 337 g/mol. The number of rotatable bonds is 6. The Labute approximate surface area is 120 Å². The molecule has 0 bridgehead atoms. The lowest BCUT2D eigenvalue weighted by Crippen LogP contribution is -2.33. The Bertz CT molecular complexity index is 378. The predicted octanol–water partition coefficient (Wildman–Crippen LogP) is 4.33. The van der Waals surface area contributed by atoms with Crippen molar-refractivity contribution in [3.05, 3.63) is 21.3 Å². The second-order valence-corrected chi connectivity index (χ2v) is 6.85. The highest BCUT2D eigenvalue weighted by Gasteiger charge is 2.19. The molecule has 0 unspecified atom stereocenters. The number of nitrogens with one attached hydrogen (secondary N) is 1. The average molecular weight is 339 g/mol. The molecule has 1 amide bonds. The Morgan fingerprint density at radius 2 is 2.29 bits per heavy atom. The number of amides is 1. The minimum atomic E-state index is -0.0723. The van der Waals surface area contributed by atoms with Crippen LogP contribution in [-0.2, 0) is 0 Å². The van der Waals surface area contributed by atoms with Crippen LogP contribution in [0.1, 0.15) is 36.4 Å². The van der Waals surface area contributed by atoms with Crippen molar-refractivity contribution in [2.75, 3.05) is 11.9 Å². The van der Waals surface area contributed by atoms with Gasteiger partial charge in [-0.05, 0) is 29.7 Å². The molecule has 96 valence electrons. The molecule has 0 saturated heterocycles. The number of thiophene rings is 1. The summed E-state index contributed by atoms with van der Waals surface area (Å²) in [6.45, 7) is 4.99. The normalized spacial score (nSPS) is 11.5. The second kappa shape index (κ2) is 6.76. The quantitative estimate of drug-likeness (QED) is 0.768. The van der Waals surface area contributed by atoms with Gasteiger partial charge in [0.2, 0.25) is 0 Å². The van der Waals surface area contributed by atoms with E-state index in [-0.39, 0.29) is 11.3 Å². The first-order valence-electron chi connectivity index (χ1n) is 5.53. The van der Waals surface area contributed by atoms with Crippen molar-refractivity contribution in [3.63, 3.8) is 0 Å². The lowest BCUT2D eigenvalue weighted by atomic mass is 9.88. The summed E-state index contributed by atoms with van der Waals surface area (Å²) in [5.74, 6) is -0.0723. The zero-order valence-corrected chi connectivity index (χ0v) is 13.2. The van der Waals surface area contributed by atoms with Crippen LogP contribution in [0.3, 0.4) is 0 Å². The summed E-state index contributed by atoms with van der Waals surface area (Å²) >= 11 is 10.7. The van der Waals surface area contributed by atoms with Crippen LogP contribution in [0.2, 0.25) is 5.02 Å². The minimum Gasteiger partial charge on any atom is -0.351 e. The van der Waals surface area contributed by atoms with Crippen molar-refractivity contribution in [1.29, 1.82) is 0 Å². The maximum absolute atomic E-state index is 11.9. The Morgan fingerprint density at radius 1 is 1.59 bits per heavy atom. The summed E-state index contributed by atoms with van der Waals surface area (Å²) in [6.07, 6.45) is 2.19. The van der Waals surface area contributed by atoms with Crippen molar-refractivity contribution in [2.24, 2.45) is 5.41 Å². The van der Waals surface area contributed by atoms with Crippen molar-refractivity contribution in [2.45, 2.75) is 26.7 Å². The molecule has 1 aromatic rings. The van der Waals surface area contributed by atoms with E-state index in [0.29, 0.717) is 16.4 Å². The standard InChI is InChI=1S/C12H17BrClNOS/c1-12(2,5-3-6-13)8-15-11(16)10-9(14)4-7-17-10/h4,7H,3,5-6,8H2,1-2H3,(H,15,16). The molecule has 2 nitrogen and oxygen atoms in total. The Balaban J connectivity index is 2.45. The molecule has 1 heterocycles. The first-order valence-corrected chi connectivity index (χ1v) is 7.91. The van der Waals surface area contributed by atoms with Crippen LogP contribution in [-0.4, -0.2) is 17.8 Å². The molecule has 0 aliphatic heterocycles. The van der Waals surface area contributed by atoms with E-state index in [0.717, 1.165) is 18.2 Å². The second-order valence-electron chi connectivity index (χ2n) is 4.74. The number of hydrogen-bond acceptors (Lipinski definition) is 2. The summed E-state index contributed by atoms with van der Waals surface area (Å²) < 4.78 is 0. The molecule has 1 N–H and O–H groups in total. The molecular formula is C12H17BrClNOS. The van der Waals surface area contributed by atoms with E-state index in [4.69, 9.17) is 11.6 Å². The van der Waals surface area contributed by atoms with Crippen molar-refractivity contribution in [3.8, 4) is 0 Å². The first kappa shape index (κ1) is 15.0. The molecule has 0 saturated carbocycles. The Kier molecular flexibility index (Phi) is 5.97. The van der Waals surface area contributed by atoms with Crippen LogP contribution in [0.4, 0.5) is 0 Å². The fourth-order valence-electron chi connectivity index (χ4n) is 1.49. The largest absolute Gasteiger partial charge is 0.351 e. The number of alkyl halides is 1. The highest BCUT2D eigenvalue weighted by molar-refractivity contribution is 9.09. The molecule has 0 aromatic carbocycles. The summed E-state index contributed by atoms with van der Waals surface area (Å²) in [5, 5.41) is 6.31. The molecule has 1 rings (SSSR count). The molecule has 1 aromatic heterocycles. The number of hydrogen-bond donors (Lipinski definition) is 1. The number of carbonyl (C=O) groups excluding carboxylic acids is 1. The van der Waals surface area contributed by atoms with E-state index in [1.165, 1.54) is 11.3 Å². The van der Waals surface area contributed by atoms with E-state index >= 15 is 0 Å². The van der Waals surface area contributed by atoms with Gasteiger partial charge in [-0.3, -0.25) is 4.79 Å². The van der Waals surface area contributed by atoms with Crippen molar-refractivity contribution in [1.82, 2.24) is 5.32 Å². The van der Waals surface area contributed by atoms with Gasteiger partial charge in [0.25, 0.3) is 5.91 Å². The zero-order chi connectivity index (χ0) is 12.9. The Morgan fingerprint density at radius 3 is 2.82 bits per heavy atom. The third-order valence-corrected chi connectivity index (χ3v) is 4.44. The van der Waals surface area contributed by atoms with Gasteiger partial charge in [-0.15, -0.1) is 11.3 Å². The van der Waals surface area contributed by atoms with Gasteiger partial charge in [-0.25, -0.2) is 0 Å². The molecule has 0 atom stereocenters. The fourth-order valence-corrected chi connectivity index (χ4v) is 2.83. The van der Waals surface area contributed by atoms with Gasteiger partial charge in [-0.2, -0.15) is 0 Å². The molecule has 0 fully saturated rings. The fraction of sp³-hybridized carbons (Fsp3) is 0.583. The summed E-state index contributed by atoms with van der Waals surface area (Å²) in [7, 11) is 0. The van der Waals surface area contributed by atoms with Gasteiger partial charge in [-0.1, -0.05) is 41.4 Å². The van der Waals surface area contributed by atoms with Crippen LogP contribution < -0.4 is 5.32 Å². The lowest BCUT2D eigenvalue weighted by Gasteiger charge is -2.24. The van der Waals surface area contributed by atoms with Crippen LogP contribution in [0.25, 0.3) is 0 Å². The smallest absolute Gasteiger partial charge is 0.262 e. The number of halogens is 2. The van der Waals surface area contributed by atoms with E-state index in [1.807, 2.05) is 5.38 Å². The summed E-state index contributed by atoms with van der Waals surface area (Å²) in [6, 6.07) is 1.75. The van der Waals surface area contributed by atoms with E-state index < -0.39 is 0 Å². The third kappa shape index (κ3) is 4.98. The maximum atomic E-state index is 11.9. The molecule has 0 aliphatic carbocycles. The molecular weight excluding hydrogens is 322 g/mol. The van der Waals surface area contributed by atoms with Crippen LogP contribution in [0, 0.1) is 5.41 Å². The minimum absolute atomic E-state index is 0.0723. The van der Waals surface area contributed by atoms with Crippen LogP contribution >= 0.6 is 38.9 Å². The highest BCUT2D eigenvalue weighted by atomic mass is 79.9. The van der Waals surface area contributed by atoms with Crippen molar-refractivity contribution >= 4 is 44.8 Å². The summed E-state index contributed by atoms with van der Waals surface area (Å²) in [5.41, 5.74) is 0.118. The van der Waals surface area contributed by atoms with Crippen molar-refractivity contribution < 1.29 is 4.79 Å². The molecule has 17 heavy (non-hydrogen) atoms. The topological polar surface area (TPSA) is 29.1 Å². The van der Waals surface area contributed by atoms with Crippen LogP contribution in [0.15, 0.2) is 11.4 Å². The average Bonchev–Trinajstić information content (AvgIpc) is 2.70. The van der Waals surface area contributed by atoms with Gasteiger partial charge in [0.1, 0.15) is 4.88 Å². The maximum Gasteiger partial charge on any atom is 0.262 e. The lowest BCUT2D eigenvalue weighted by molar-refractivity contribution is 0.0939. The number of carbonyl (C=O) groups is 1. The van der Waals surface area contributed by atoms with E-state index in [9.17, 15) is 4.79 Å². The van der Waals surface area contributed by atoms with Gasteiger partial charge in [0, 0.05) is 11.9 Å². The molecule has 0 aliphatic rings. The third-order valence-electron chi connectivity index (χ3n) is 2.54. The van der Waals surface area contributed by atoms with E-state index in [1.54, 1.807) is 6.07 Å². The molecule has 0 radical (unpaired) electrons. The van der Waals surface area contributed by atoms with Gasteiger partial charge >= 0.3 is 0 Å². The first-order chi connectivity index (χ1) is 7.96. The Hall–Kier alpha value is -0.0600. The summed E-state index contributed by atoms with van der Waals surface area (Å²) in [4.78, 5) is 12.5. The predicted molar refractivity (Wildman–Crippen MR) is 78.5 cm³/mol. The SMILES string of the molecule is CC(C)(CCCBr)CNC(=O)c1sccc1Cl. The van der Waals surface area contributed by atoms with E-state index in [2.05, 4.69) is 35.1 Å². The molecule has 0 spiro atoms.